The van der Waals surface area contributed by atoms with E-state index in [4.69, 9.17) is 0 Å². The lowest BCUT2D eigenvalue weighted by atomic mass is 10.1. The van der Waals surface area contributed by atoms with Gasteiger partial charge in [-0.15, -0.1) is 0 Å². The Morgan fingerprint density at radius 1 is 1.71 bits per heavy atom. The van der Waals surface area contributed by atoms with Gasteiger partial charge in [-0.05, 0) is 25.9 Å². The molecular weight excluding hydrogens is 196 g/mol. The van der Waals surface area contributed by atoms with Gasteiger partial charge in [0.15, 0.2) is 0 Å². The molecule has 1 aromatic heterocycles. The molecule has 1 saturated heterocycles. The summed E-state index contributed by atoms with van der Waals surface area (Å²) in [5.41, 5.74) is 0. The number of nitrogens with one attached hydrogen (secondary N) is 1. The molecule has 2 heterocycles. The van der Waals surface area contributed by atoms with E-state index >= 15 is 0 Å². The molecule has 0 radical (unpaired) electrons. The molecule has 1 unspecified atom stereocenters. The summed E-state index contributed by atoms with van der Waals surface area (Å²) in [6, 6.07) is 0.552. The van der Waals surface area contributed by atoms with Gasteiger partial charge in [0.25, 0.3) is 0 Å². The second kappa shape index (κ2) is 4.70. The van der Waals surface area contributed by atoms with Crippen molar-refractivity contribution in [2.24, 2.45) is 0 Å². The van der Waals surface area contributed by atoms with E-state index in [1.165, 1.54) is 30.9 Å². The molecule has 0 amide bonds. The fourth-order valence-corrected chi connectivity index (χ4v) is 2.38. The normalized spacial score (nSPS) is 23.6. The molecule has 0 aromatic carbocycles. The van der Waals surface area contributed by atoms with Crippen LogP contribution in [0.2, 0.25) is 0 Å². The molecule has 5 heteroatoms. The average molecular weight is 212 g/mol. The topological polar surface area (TPSA) is 41.0 Å². The van der Waals surface area contributed by atoms with Crippen molar-refractivity contribution in [3.05, 3.63) is 6.33 Å². The van der Waals surface area contributed by atoms with Gasteiger partial charge in [-0.25, -0.2) is 4.98 Å². The number of hydrogen-bond acceptors (Lipinski definition) is 5. The van der Waals surface area contributed by atoms with Crippen LogP contribution < -0.4 is 5.32 Å². The Morgan fingerprint density at radius 3 is 3.36 bits per heavy atom. The van der Waals surface area contributed by atoms with Gasteiger partial charge in [-0.1, -0.05) is 6.92 Å². The standard InChI is InChI=1S/C9H16N4S/c1-2-13-5-3-4-8(6-13)12-9-10-7-11-14-9/h7-8H,2-6H2,1H3,(H,10,11,12). The van der Waals surface area contributed by atoms with Gasteiger partial charge >= 0.3 is 0 Å². The molecule has 0 bridgehead atoms. The van der Waals surface area contributed by atoms with Crippen molar-refractivity contribution >= 4 is 16.7 Å². The second-order valence-electron chi connectivity index (χ2n) is 3.62. The van der Waals surface area contributed by atoms with Crippen LogP contribution in [-0.4, -0.2) is 39.9 Å². The first-order valence-corrected chi connectivity index (χ1v) is 5.91. The summed E-state index contributed by atoms with van der Waals surface area (Å²) >= 11 is 1.43. The van der Waals surface area contributed by atoms with Gasteiger partial charge in [0.05, 0.1) is 0 Å². The average Bonchev–Trinajstić information content (AvgIpc) is 2.71. The highest BCUT2D eigenvalue weighted by Gasteiger charge is 2.18. The van der Waals surface area contributed by atoms with Crippen LogP contribution in [0.1, 0.15) is 19.8 Å². The van der Waals surface area contributed by atoms with Crippen molar-refractivity contribution in [3.63, 3.8) is 0 Å². The van der Waals surface area contributed by atoms with Crippen LogP contribution >= 0.6 is 11.5 Å². The summed E-state index contributed by atoms with van der Waals surface area (Å²) in [6.45, 7) is 5.74. The Hall–Kier alpha value is -0.680. The molecule has 2 rings (SSSR count). The Labute approximate surface area is 88.5 Å². The van der Waals surface area contributed by atoms with Crippen molar-refractivity contribution in [1.82, 2.24) is 14.3 Å². The third-order valence-corrected chi connectivity index (χ3v) is 3.24. The molecule has 1 aliphatic rings. The molecule has 78 valence electrons. The van der Waals surface area contributed by atoms with Crippen LogP contribution in [-0.2, 0) is 0 Å². The second-order valence-corrected chi connectivity index (χ2v) is 4.40. The van der Waals surface area contributed by atoms with E-state index in [1.54, 1.807) is 6.33 Å². The van der Waals surface area contributed by atoms with Gasteiger partial charge < -0.3 is 10.2 Å². The van der Waals surface area contributed by atoms with E-state index in [0.717, 1.165) is 18.2 Å². The summed E-state index contributed by atoms with van der Waals surface area (Å²) in [4.78, 5) is 6.61. The summed E-state index contributed by atoms with van der Waals surface area (Å²) in [5, 5.41) is 4.38. The predicted molar refractivity (Wildman–Crippen MR) is 58.7 cm³/mol. The Morgan fingerprint density at radius 2 is 2.64 bits per heavy atom. The number of hydrogen-bond donors (Lipinski definition) is 1. The van der Waals surface area contributed by atoms with E-state index in [0.29, 0.717) is 6.04 Å². The van der Waals surface area contributed by atoms with Gasteiger partial charge in [0.1, 0.15) is 6.33 Å². The number of likely N-dealkylation sites (N-methyl/N-ethyl adjacent to an activating group) is 1. The maximum atomic E-state index is 4.14. The Bertz CT molecular complexity index is 262. The molecule has 0 saturated carbocycles. The lowest BCUT2D eigenvalue weighted by Gasteiger charge is -2.31. The zero-order valence-electron chi connectivity index (χ0n) is 8.44. The van der Waals surface area contributed by atoms with Crippen LogP contribution in [0.3, 0.4) is 0 Å². The van der Waals surface area contributed by atoms with Crippen molar-refractivity contribution in [3.8, 4) is 0 Å². The lowest BCUT2D eigenvalue weighted by Crippen LogP contribution is -2.41. The fourth-order valence-electron chi connectivity index (χ4n) is 1.87. The monoisotopic (exact) mass is 212 g/mol. The lowest BCUT2D eigenvalue weighted by molar-refractivity contribution is 0.227. The quantitative estimate of drug-likeness (QED) is 0.823. The van der Waals surface area contributed by atoms with Gasteiger partial charge in [-0.2, -0.15) is 4.37 Å². The summed E-state index contributed by atoms with van der Waals surface area (Å²) in [7, 11) is 0. The molecule has 0 aliphatic carbocycles. The van der Waals surface area contributed by atoms with Crippen LogP contribution in [0.4, 0.5) is 5.13 Å². The zero-order valence-corrected chi connectivity index (χ0v) is 9.26. The SMILES string of the molecule is CCN1CCCC(Nc2ncns2)C1. The van der Waals surface area contributed by atoms with Crippen LogP contribution in [0.5, 0.6) is 0 Å². The van der Waals surface area contributed by atoms with E-state index in [9.17, 15) is 0 Å². The minimum Gasteiger partial charge on any atom is -0.356 e. The predicted octanol–water partition coefficient (Wildman–Crippen LogP) is 1.43. The highest BCUT2D eigenvalue weighted by atomic mass is 32.1. The third kappa shape index (κ3) is 2.42. The van der Waals surface area contributed by atoms with Crippen molar-refractivity contribution in [2.45, 2.75) is 25.8 Å². The highest BCUT2D eigenvalue weighted by molar-refractivity contribution is 7.09. The van der Waals surface area contributed by atoms with Gasteiger partial charge in [0, 0.05) is 24.1 Å². The van der Waals surface area contributed by atoms with E-state index in [1.807, 2.05) is 0 Å². The van der Waals surface area contributed by atoms with E-state index < -0.39 is 0 Å². The van der Waals surface area contributed by atoms with Crippen LogP contribution in [0.15, 0.2) is 6.33 Å². The molecule has 0 spiro atoms. The largest absolute Gasteiger partial charge is 0.356 e. The molecule has 14 heavy (non-hydrogen) atoms. The van der Waals surface area contributed by atoms with Crippen molar-refractivity contribution < 1.29 is 0 Å². The molecule has 1 aromatic rings. The zero-order chi connectivity index (χ0) is 9.80. The summed E-state index contributed by atoms with van der Waals surface area (Å²) in [5.74, 6) is 0. The molecule has 1 fully saturated rings. The number of anilines is 1. The van der Waals surface area contributed by atoms with Crippen LogP contribution in [0.25, 0.3) is 0 Å². The summed E-state index contributed by atoms with van der Waals surface area (Å²) in [6.07, 6.45) is 4.13. The van der Waals surface area contributed by atoms with Gasteiger partial charge in [-0.3, -0.25) is 0 Å². The van der Waals surface area contributed by atoms with Crippen LogP contribution in [0, 0.1) is 0 Å². The minimum atomic E-state index is 0.552. The first-order chi connectivity index (χ1) is 6.88. The molecule has 4 nitrogen and oxygen atoms in total. The number of aromatic nitrogens is 2. The van der Waals surface area contributed by atoms with Gasteiger partial charge in [0.2, 0.25) is 5.13 Å². The molecule has 1 aliphatic heterocycles. The smallest absolute Gasteiger partial charge is 0.202 e. The molecule has 1 N–H and O–H groups in total. The first-order valence-electron chi connectivity index (χ1n) is 5.14. The van der Waals surface area contributed by atoms with Crippen molar-refractivity contribution in [1.29, 1.82) is 0 Å². The number of nitrogens with zero attached hydrogens (tertiary/aromatic N) is 3. The Kier molecular flexibility index (Phi) is 3.31. The van der Waals surface area contributed by atoms with Crippen molar-refractivity contribution in [2.75, 3.05) is 25.0 Å². The summed E-state index contributed by atoms with van der Waals surface area (Å²) < 4.78 is 3.98. The third-order valence-electron chi connectivity index (χ3n) is 2.64. The molecule has 1 atom stereocenters. The first kappa shape index (κ1) is 9.86. The number of piperidine rings is 1. The molecular formula is C9H16N4S. The van der Waals surface area contributed by atoms with E-state index in [2.05, 4.69) is 26.5 Å². The highest BCUT2D eigenvalue weighted by Crippen LogP contribution is 2.15. The maximum Gasteiger partial charge on any atom is 0.202 e. The number of likely N-dealkylation sites (tertiary alicyclic amines) is 1. The van der Waals surface area contributed by atoms with E-state index in [-0.39, 0.29) is 0 Å². The Balaban J connectivity index is 1.86. The minimum absolute atomic E-state index is 0.552. The fraction of sp³-hybridized carbons (Fsp3) is 0.778. The number of rotatable bonds is 3. The maximum absolute atomic E-state index is 4.14.